The Morgan fingerprint density at radius 1 is 1.04 bits per heavy atom. The van der Waals surface area contributed by atoms with Crippen molar-refractivity contribution in [2.45, 2.75) is 11.4 Å². The molecule has 4 rings (SSSR count). The summed E-state index contributed by atoms with van der Waals surface area (Å²) in [5.41, 5.74) is 0.693. The van der Waals surface area contributed by atoms with Crippen molar-refractivity contribution in [3.8, 4) is 11.5 Å². The molecule has 3 aromatic rings. The van der Waals surface area contributed by atoms with Crippen molar-refractivity contribution in [2.75, 3.05) is 26.2 Å². The van der Waals surface area contributed by atoms with Gasteiger partial charge in [-0.25, -0.2) is 17.2 Å². The zero-order valence-electron chi connectivity index (χ0n) is 14.7. The average molecular weight is 409 g/mol. The van der Waals surface area contributed by atoms with Crippen molar-refractivity contribution in [3.05, 3.63) is 60.0 Å². The summed E-state index contributed by atoms with van der Waals surface area (Å²) in [6.45, 7) is 1.67. The predicted molar refractivity (Wildman–Crippen MR) is 94.6 cm³/mol. The molecule has 0 bridgehead atoms. The van der Waals surface area contributed by atoms with Crippen molar-refractivity contribution in [2.24, 2.45) is 0 Å². The third kappa shape index (κ3) is 3.71. The molecule has 0 atom stereocenters. The van der Waals surface area contributed by atoms with Crippen LogP contribution < -0.4 is 0 Å². The average Bonchev–Trinajstić information content (AvgIpc) is 3.36. The van der Waals surface area contributed by atoms with E-state index in [0.29, 0.717) is 42.9 Å². The van der Waals surface area contributed by atoms with Gasteiger partial charge in [-0.1, -0.05) is 5.16 Å². The lowest BCUT2D eigenvalue weighted by Gasteiger charge is -2.33. The molecule has 10 heteroatoms. The van der Waals surface area contributed by atoms with E-state index in [1.807, 2.05) is 4.90 Å². The Balaban J connectivity index is 1.40. The minimum atomic E-state index is -4.09. The SMILES string of the molecule is O=S(=O)(c1cc(F)ccc1F)N1CCN(Cc2cc(-c3ccco3)on2)CC1. The number of rotatable bonds is 5. The molecule has 0 aliphatic carbocycles. The monoisotopic (exact) mass is 409 g/mol. The van der Waals surface area contributed by atoms with Gasteiger partial charge >= 0.3 is 0 Å². The molecule has 0 spiro atoms. The highest BCUT2D eigenvalue weighted by molar-refractivity contribution is 7.89. The van der Waals surface area contributed by atoms with Crippen LogP contribution in [0, 0.1) is 11.6 Å². The fourth-order valence-corrected chi connectivity index (χ4v) is 4.59. The third-order valence-corrected chi connectivity index (χ3v) is 6.46. The van der Waals surface area contributed by atoms with E-state index in [2.05, 4.69) is 5.16 Å². The van der Waals surface area contributed by atoms with E-state index in [-0.39, 0.29) is 13.1 Å². The maximum absolute atomic E-state index is 13.9. The number of aromatic nitrogens is 1. The summed E-state index contributed by atoms with van der Waals surface area (Å²) >= 11 is 0. The summed E-state index contributed by atoms with van der Waals surface area (Å²) in [5.74, 6) is -0.663. The molecule has 1 aromatic carbocycles. The molecule has 1 aliphatic rings. The third-order valence-electron chi connectivity index (χ3n) is 4.55. The van der Waals surface area contributed by atoms with Crippen molar-refractivity contribution >= 4 is 10.0 Å². The predicted octanol–water partition coefficient (Wildman–Crippen LogP) is 2.72. The number of piperazine rings is 1. The maximum atomic E-state index is 13.9. The lowest BCUT2D eigenvalue weighted by molar-refractivity contribution is 0.177. The van der Waals surface area contributed by atoms with E-state index in [9.17, 15) is 17.2 Å². The van der Waals surface area contributed by atoms with Crippen LogP contribution in [0.3, 0.4) is 0 Å². The van der Waals surface area contributed by atoms with Gasteiger partial charge in [-0.15, -0.1) is 0 Å². The summed E-state index contributed by atoms with van der Waals surface area (Å²) in [7, 11) is -4.09. The van der Waals surface area contributed by atoms with Gasteiger partial charge in [0.15, 0.2) is 5.76 Å². The van der Waals surface area contributed by atoms with E-state index >= 15 is 0 Å². The van der Waals surface area contributed by atoms with E-state index in [1.165, 1.54) is 4.31 Å². The van der Waals surface area contributed by atoms with E-state index in [4.69, 9.17) is 8.94 Å². The van der Waals surface area contributed by atoms with Gasteiger partial charge in [-0.05, 0) is 30.3 Å². The highest BCUT2D eigenvalue weighted by atomic mass is 32.2. The van der Waals surface area contributed by atoms with Crippen molar-refractivity contribution < 1.29 is 26.1 Å². The van der Waals surface area contributed by atoms with Gasteiger partial charge in [0.2, 0.25) is 15.8 Å². The lowest BCUT2D eigenvalue weighted by atomic mass is 10.3. The highest BCUT2D eigenvalue weighted by Crippen LogP contribution is 2.24. The zero-order chi connectivity index (χ0) is 19.7. The Bertz CT molecular complexity index is 1060. The van der Waals surface area contributed by atoms with Crippen LogP contribution in [-0.2, 0) is 16.6 Å². The zero-order valence-corrected chi connectivity index (χ0v) is 15.5. The van der Waals surface area contributed by atoms with E-state index in [0.717, 1.165) is 12.1 Å². The Hall–Kier alpha value is -2.56. The summed E-state index contributed by atoms with van der Waals surface area (Å²) in [6.07, 6.45) is 1.54. The van der Waals surface area contributed by atoms with Gasteiger partial charge in [-0.3, -0.25) is 4.90 Å². The van der Waals surface area contributed by atoms with Crippen LogP contribution in [0.4, 0.5) is 8.78 Å². The maximum Gasteiger partial charge on any atom is 0.246 e. The summed E-state index contributed by atoms with van der Waals surface area (Å²) in [5, 5.41) is 4.00. The highest BCUT2D eigenvalue weighted by Gasteiger charge is 2.31. The fraction of sp³-hybridized carbons (Fsp3) is 0.278. The lowest BCUT2D eigenvalue weighted by Crippen LogP contribution is -2.48. The van der Waals surface area contributed by atoms with E-state index in [1.54, 1.807) is 24.5 Å². The van der Waals surface area contributed by atoms with Crippen LogP contribution >= 0.6 is 0 Å². The van der Waals surface area contributed by atoms with Crippen LogP contribution in [0.25, 0.3) is 11.5 Å². The molecule has 0 N–H and O–H groups in total. The van der Waals surface area contributed by atoms with Crippen LogP contribution in [0.1, 0.15) is 5.69 Å². The van der Waals surface area contributed by atoms with Gasteiger partial charge in [0.25, 0.3) is 0 Å². The fourth-order valence-electron chi connectivity index (χ4n) is 3.09. The van der Waals surface area contributed by atoms with Crippen LogP contribution in [-0.4, -0.2) is 49.0 Å². The molecule has 0 amide bonds. The molecule has 148 valence electrons. The summed E-state index contributed by atoms with van der Waals surface area (Å²) in [6, 6.07) is 7.70. The van der Waals surface area contributed by atoms with Gasteiger partial charge in [0.05, 0.1) is 12.0 Å². The molecule has 3 heterocycles. The number of furan rings is 1. The molecule has 2 aromatic heterocycles. The van der Waals surface area contributed by atoms with Gasteiger partial charge in [0.1, 0.15) is 16.5 Å². The van der Waals surface area contributed by atoms with Gasteiger partial charge in [-0.2, -0.15) is 4.31 Å². The number of halogens is 2. The quantitative estimate of drug-likeness (QED) is 0.645. The first-order valence-corrected chi connectivity index (χ1v) is 10.0. The molecule has 1 aliphatic heterocycles. The molecular weight excluding hydrogens is 392 g/mol. The minimum Gasteiger partial charge on any atom is -0.461 e. The second-order valence-electron chi connectivity index (χ2n) is 6.41. The molecule has 1 saturated heterocycles. The van der Waals surface area contributed by atoms with Crippen LogP contribution in [0.2, 0.25) is 0 Å². The topological polar surface area (TPSA) is 79.8 Å². The molecule has 1 fully saturated rings. The first-order valence-electron chi connectivity index (χ1n) is 8.60. The van der Waals surface area contributed by atoms with Gasteiger partial charge < -0.3 is 8.94 Å². The molecule has 0 unspecified atom stereocenters. The van der Waals surface area contributed by atoms with Crippen molar-refractivity contribution in [1.29, 1.82) is 0 Å². The van der Waals surface area contributed by atoms with Crippen LogP contribution in [0.15, 0.2) is 56.5 Å². The first-order chi connectivity index (χ1) is 13.4. The first kappa shape index (κ1) is 18.8. The minimum absolute atomic E-state index is 0.168. The summed E-state index contributed by atoms with van der Waals surface area (Å²) < 4.78 is 64.2. The number of hydrogen-bond donors (Lipinski definition) is 0. The van der Waals surface area contributed by atoms with Gasteiger partial charge in [0, 0.05) is 38.8 Å². The second-order valence-corrected chi connectivity index (χ2v) is 8.32. The Morgan fingerprint density at radius 3 is 2.54 bits per heavy atom. The Morgan fingerprint density at radius 2 is 1.82 bits per heavy atom. The van der Waals surface area contributed by atoms with Crippen molar-refractivity contribution in [1.82, 2.24) is 14.4 Å². The standard InChI is InChI=1S/C18H17F2N3O4S/c19-13-3-4-15(20)18(10-13)28(24,25)23-7-5-22(6-8-23)12-14-11-17(27-21-14)16-2-1-9-26-16/h1-4,9-11H,5-8,12H2. The van der Waals surface area contributed by atoms with Crippen LogP contribution in [0.5, 0.6) is 0 Å². The number of hydrogen-bond acceptors (Lipinski definition) is 6. The molecule has 7 nitrogen and oxygen atoms in total. The number of benzene rings is 1. The Labute approximate surface area is 160 Å². The Kier molecular flexibility index (Phi) is 5.00. The molecule has 0 saturated carbocycles. The summed E-state index contributed by atoms with van der Waals surface area (Å²) in [4.78, 5) is 1.37. The van der Waals surface area contributed by atoms with Crippen molar-refractivity contribution in [3.63, 3.8) is 0 Å². The number of nitrogens with zero attached hydrogens (tertiary/aromatic N) is 3. The second kappa shape index (κ2) is 7.46. The molecule has 0 radical (unpaired) electrons. The molecule has 28 heavy (non-hydrogen) atoms. The molecular formula is C18H17F2N3O4S. The normalized spacial score (nSPS) is 16.5. The smallest absolute Gasteiger partial charge is 0.246 e. The largest absolute Gasteiger partial charge is 0.461 e. The number of sulfonamides is 1. The van der Waals surface area contributed by atoms with E-state index < -0.39 is 26.6 Å².